The Labute approximate surface area is 147 Å². The zero-order chi connectivity index (χ0) is 17.2. The van der Waals surface area contributed by atoms with Crippen molar-refractivity contribution >= 4 is 22.6 Å². The molecule has 0 radical (unpaired) electrons. The van der Waals surface area contributed by atoms with E-state index in [4.69, 9.17) is 0 Å². The third-order valence-electron chi connectivity index (χ3n) is 5.04. The second-order valence-electron chi connectivity index (χ2n) is 6.75. The molecule has 1 aliphatic heterocycles. The average Bonchev–Trinajstić information content (AvgIpc) is 2.98. The van der Waals surface area contributed by atoms with E-state index in [0.717, 1.165) is 36.4 Å². The molecule has 0 bridgehead atoms. The minimum Gasteiger partial charge on any atom is -0.326 e. The lowest BCUT2D eigenvalue weighted by molar-refractivity contribution is -0.121. The van der Waals surface area contributed by atoms with Crippen molar-refractivity contribution in [2.45, 2.75) is 13.5 Å². The summed E-state index contributed by atoms with van der Waals surface area (Å²) in [6.07, 6.45) is 1.87. The van der Waals surface area contributed by atoms with E-state index < -0.39 is 0 Å². The number of nitrogens with one attached hydrogen (secondary N) is 2. The van der Waals surface area contributed by atoms with Gasteiger partial charge in [0, 0.05) is 18.2 Å². The zero-order valence-electron chi connectivity index (χ0n) is 14.3. The highest BCUT2D eigenvalue weighted by Gasteiger charge is 2.28. The molecule has 2 heterocycles. The molecule has 1 amide bonds. The van der Waals surface area contributed by atoms with Crippen LogP contribution in [0.4, 0.5) is 5.69 Å². The number of hydrogen-bond donors (Lipinski definition) is 2. The zero-order valence-corrected chi connectivity index (χ0v) is 14.3. The lowest BCUT2D eigenvalue weighted by atomic mass is 9.88. The van der Waals surface area contributed by atoms with Crippen LogP contribution < -0.4 is 10.6 Å². The van der Waals surface area contributed by atoms with Crippen LogP contribution in [0.5, 0.6) is 0 Å². The molecule has 128 valence electrons. The van der Waals surface area contributed by atoms with Crippen LogP contribution in [0.1, 0.15) is 12.5 Å². The molecule has 0 aliphatic carbocycles. The van der Waals surface area contributed by atoms with Crippen LogP contribution in [0.2, 0.25) is 0 Å². The van der Waals surface area contributed by atoms with Crippen LogP contribution in [-0.4, -0.2) is 28.5 Å². The summed E-state index contributed by atoms with van der Waals surface area (Å²) in [5.41, 5.74) is 4.16. The minimum atomic E-state index is 0.0400. The fraction of sp³-hybridized carbons (Fsp3) is 0.300. The summed E-state index contributed by atoms with van der Waals surface area (Å²) >= 11 is 0. The first-order valence-electron chi connectivity index (χ1n) is 8.71. The van der Waals surface area contributed by atoms with Crippen molar-refractivity contribution in [3.05, 3.63) is 60.4 Å². The van der Waals surface area contributed by atoms with Gasteiger partial charge in [-0.3, -0.25) is 4.79 Å². The van der Waals surface area contributed by atoms with Gasteiger partial charge < -0.3 is 15.2 Å². The molecule has 3 aromatic rings. The monoisotopic (exact) mass is 334 g/mol. The fourth-order valence-corrected chi connectivity index (χ4v) is 3.16. The lowest BCUT2D eigenvalue weighted by Gasteiger charge is -2.31. The van der Waals surface area contributed by atoms with Crippen molar-refractivity contribution in [2.24, 2.45) is 11.8 Å². The Morgan fingerprint density at radius 2 is 2.00 bits per heavy atom. The first-order chi connectivity index (χ1) is 12.2. The molecule has 0 spiro atoms. The molecule has 2 aromatic carbocycles. The number of hydrogen-bond acceptors (Lipinski definition) is 3. The van der Waals surface area contributed by atoms with Crippen LogP contribution in [-0.2, 0) is 11.3 Å². The van der Waals surface area contributed by atoms with Gasteiger partial charge in [0.1, 0.15) is 0 Å². The van der Waals surface area contributed by atoms with E-state index in [0.29, 0.717) is 5.92 Å². The normalized spacial score (nSPS) is 15.7. The van der Waals surface area contributed by atoms with E-state index in [1.807, 2.05) is 43.6 Å². The molecule has 1 fully saturated rings. The number of imidazole rings is 1. The van der Waals surface area contributed by atoms with Gasteiger partial charge in [0.05, 0.1) is 17.4 Å². The Bertz CT molecular complexity index is 880. The summed E-state index contributed by atoms with van der Waals surface area (Å²) < 4.78 is 2.13. The topological polar surface area (TPSA) is 59.0 Å². The molecule has 4 rings (SSSR count). The Kier molecular flexibility index (Phi) is 4.24. The van der Waals surface area contributed by atoms with Gasteiger partial charge in [-0.25, -0.2) is 4.98 Å². The van der Waals surface area contributed by atoms with Crippen LogP contribution in [0, 0.1) is 11.8 Å². The summed E-state index contributed by atoms with van der Waals surface area (Å²) in [4.78, 5) is 16.7. The van der Waals surface area contributed by atoms with E-state index in [1.165, 1.54) is 5.56 Å². The quantitative estimate of drug-likeness (QED) is 0.754. The van der Waals surface area contributed by atoms with E-state index in [2.05, 4.69) is 38.4 Å². The highest BCUT2D eigenvalue weighted by molar-refractivity contribution is 5.92. The molecule has 1 atom stereocenters. The van der Waals surface area contributed by atoms with E-state index >= 15 is 0 Å². The highest BCUT2D eigenvalue weighted by atomic mass is 16.1. The molecule has 25 heavy (non-hydrogen) atoms. The standard InChI is InChI=1S/C20H22N4O/c1-14(16-10-21-11-16)20(25)23-17-8-6-15(7-9-17)12-24-13-22-18-4-2-3-5-19(18)24/h2-9,13-14,16,21H,10-12H2,1H3,(H,23,25). The number of para-hydroxylation sites is 2. The summed E-state index contributed by atoms with van der Waals surface area (Å²) in [7, 11) is 0. The Hall–Kier alpha value is -2.66. The summed E-state index contributed by atoms with van der Waals surface area (Å²) in [6, 6.07) is 16.2. The van der Waals surface area contributed by atoms with Gasteiger partial charge in [-0.2, -0.15) is 0 Å². The molecule has 5 nitrogen and oxygen atoms in total. The number of carbonyl (C=O) groups is 1. The fourth-order valence-electron chi connectivity index (χ4n) is 3.16. The van der Waals surface area contributed by atoms with E-state index in [1.54, 1.807) is 0 Å². The van der Waals surface area contributed by atoms with Crippen molar-refractivity contribution < 1.29 is 4.79 Å². The predicted octanol–water partition coefficient (Wildman–Crippen LogP) is 2.88. The molecule has 1 aromatic heterocycles. The van der Waals surface area contributed by atoms with Gasteiger partial charge in [0.2, 0.25) is 5.91 Å². The summed E-state index contributed by atoms with van der Waals surface area (Å²) in [6.45, 7) is 4.64. The number of amides is 1. The maximum Gasteiger partial charge on any atom is 0.227 e. The van der Waals surface area contributed by atoms with Crippen molar-refractivity contribution in [1.29, 1.82) is 0 Å². The van der Waals surface area contributed by atoms with Crippen molar-refractivity contribution in [1.82, 2.24) is 14.9 Å². The van der Waals surface area contributed by atoms with Gasteiger partial charge >= 0.3 is 0 Å². The Morgan fingerprint density at radius 1 is 1.24 bits per heavy atom. The number of aromatic nitrogens is 2. The van der Waals surface area contributed by atoms with Crippen molar-refractivity contribution in [3.8, 4) is 0 Å². The number of benzene rings is 2. The smallest absolute Gasteiger partial charge is 0.227 e. The molecular weight excluding hydrogens is 312 g/mol. The van der Waals surface area contributed by atoms with E-state index in [-0.39, 0.29) is 11.8 Å². The van der Waals surface area contributed by atoms with Gasteiger partial charge in [-0.15, -0.1) is 0 Å². The van der Waals surface area contributed by atoms with Gasteiger partial charge in [0.15, 0.2) is 0 Å². The number of carbonyl (C=O) groups excluding carboxylic acids is 1. The lowest BCUT2D eigenvalue weighted by Crippen LogP contribution is -2.48. The molecule has 1 aliphatic rings. The third-order valence-corrected chi connectivity index (χ3v) is 5.04. The number of rotatable bonds is 5. The van der Waals surface area contributed by atoms with Crippen LogP contribution in [0.15, 0.2) is 54.9 Å². The number of fused-ring (bicyclic) bond motifs is 1. The maximum atomic E-state index is 12.3. The summed E-state index contributed by atoms with van der Waals surface area (Å²) in [5, 5.41) is 6.24. The van der Waals surface area contributed by atoms with E-state index in [9.17, 15) is 4.79 Å². The van der Waals surface area contributed by atoms with Gasteiger partial charge in [-0.05, 0) is 48.8 Å². The van der Waals surface area contributed by atoms with Crippen LogP contribution >= 0.6 is 0 Å². The predicted molar refractivity (Wildman–Crippen MR) is 99.4 cm³/mol. The molecule has 1 unspecified atom stereocenters. The Morgan fingerprint density at radius 3 is 2.72 bits per heavy atom. The number of anilines is 1. The van der Waals surface area contributed by atoms with Gasteiger partial charge in [-0.1, -0.05) is 31.2 Å². The first kappa shape index (κ1) is 15.8. The Balaban J connectivity index is 1.42. The minimum absolute atomic E-state index is 0.0400. The maximum absolute atomic E-state index is 12.3. The largest absolute Gasteiger partial charge is 0.326 e. The average molecular weight is 334 g/mol. The van der Waals surface area contributed by atoms with Crippen LogP contribution in [0.3, 0.4) is 0 Å². The molecular formula is C20H22N4O. The molecule has 2 N–H and O–H groups in total. The molecule has 0 saturated carbocycles. The second-order valence-corrected chi connectivity index (χ2v) is 6.75. The first-order valence-corrected chi connectivity index (χ1v) is 8.71. The van der Waals surface area contributed by atoms with Gasteiger partial charge in [0.25, 0.3) is 0 Å². The molecule has 5 heteroatoms. The molecule has 1 saturated heterocycles. The third kappa shape index (κ3) is 3.28. The second kappa shape index (κ2) is 6.69. The summed E-state index contributed by atoms with van der Waals surface area (Å²) in [5.74, 6) is 0.590. The number of nitrogens with zero attached hydrogens (tertiary/aromatic N) is 2. The highest BCUT2D eigenvalue weighted by Crippen LogP contribution is 2.19. The van der Waals surface area contributed by atoms with Crippen molar-refractivity contribution in [2.75, 3.05) is 18.4 Å². The SMILES string of the molecule is CC(C(=O)Nc1ccc(Cn2cnc3ccccc32)cc1)C1CNC1. The van der Waals surface area contributed by atoms with Crippen molar-refractivity contribution in [3.63, 3.8) is 0 Å². The van der Waals surface area contributed by atoms with Crippen LogP contribution in [0.25, 0.3) is 11.0 Å².